The molecule has 4 N–H and O–H groups in total. The maximum Gasteiger partial charge on any atom is 0.240 e. The van der Waals surface area contributed by atoms with Crippen molar-refractivity contribution < 1.29 is 13.2 Å². The van der Waals surface area contributed by atoms with E-state index in [0.29, 0.717) is 5.69 Å². The van der Waals surface area contributed by atoms with Crippen molar-refractivity contribution in [1.29, 1.82) is 0 Å². The van der Waals surface area contributed by atoms with E-state index in [1.165, 1.54) is 12.1 Å². The van der Waals surface area contributed by atoms with Crippen LogP contribution >= 0.6 is 0 Å². The second-order valence-corrected chi connectivity index (χ2v) is 6.21. The Morgan fingerprint density at radius 2 is 2.05 bits per heavy atom. The molecule has 0 unspecified atom stereocenters. The normalized spacial score (nSPS) is 11.5. The summed E-state index contributed by atoms with van der Waals surface area (Å²) in [6.07, 6.45) is 0.0970. The molecule has 0 radical (unpaired) electrons. The van der Waals surface area contributed by atoms with E-state index in [-0.39, 0.29) is 29.8 Å². The number of nitrogens with one attached hydrogen (secondary N) is 2. The van der Waals surface area contributed by atoms with Crippen LogP contribution in [0.2, 0.25) is 0 Å². The maximum absolute atomic E-state index is 11.9. The second kappa shape index (κ2) is 6.53. The highest BCUT2D eigenvalue weighted by Gasteiger charge is 2.14. The molecule has 19 heavy (non-hydrogen) atoms. The highest BCUT2D eigenvalue weighted by atomic mass is 32.2. The van der Waals surface area contributed by atoms with E-state index >= 15 is 0 Å². The van der Waals surface area contributed by atoms with Gasteiger partial charge in [0.05, 0.1) is 4.90 Å². The van der Waals surface area contributed by atoms with Crippen molar-refractivity contribution in [2.45, 2.75) is 31.2 Å². The molecule has 0 spiro atoms. The number of carbonyl (C=O) groups is 1. The highest BCUT2D eigenvalue weighted by Crippen LogP contribution is 2.12. The summed E-state index contributed by atoms with van der Waals surface area (Å²) in [7, 11) is -3.62. The number of rotatable bonds is 6. The Kier molecular flexibility index (Phi) is 5.31. The summed E-state index contributed by atoms with van der Waals surface area (Å²) in [6, 6.07) is 6.03. The van der Waals surface area contributed by atoms with Crippen LogP contribution in [-0.2, 0) is 14.8 Å². The summed E-state index contributed by atoms with van der Waals surface area (Å²) in [4.78, 5) is 11.5. The van der Waals surface area contributed by atoms with Gasteiger partial charge < -0.3 is 11.1 Å². The molecule has 106 valence electrons. The summed E-state index contributed by atoms with van der Waals surface area (Å²) in [5.74, 6) is -0.190. The predicted octanol–water partition coefficient (Wildman–Crippen LogP) is 0.462. The molecule has 0 atom stereocenters. The minimum absolute atomic E-state index is 0.0398. The van der Waals surface area contributed by atoms with E-state index in [2.05, 4.69) is 10.0 Å². The SMILES string of the molecule is CC(C)NC(=O)CCNS(=O)(=O)c1cccc(N)c1. The fraction of sp³-hybridized carbons (Fsp3) is 0.417. The van der Waals surface area contributed by atoms with Gasteiger partial charge in [0.2, 0.25) is 15.9 Å². The van der Waals surface area contributed by atoms with Gasteiger partial charge in [0.15, 0.2) is 0 Å². The van der Waals surface area contributed by atoms with Crippen LogP contribution in [0.15, 0.2) is 29.2 Å². The average Bonchev–Trinajstić information content (AvgIpc) is 2.27. The summed E-state index contributed by atoms with van der Waals surface area (Å²) in [5.41, 5.74) is 5.91. The van der Waals surface area contributed by atoms with Crippen LogP contribution in [0.4, 0.5) is 5.69 Å². The summed E-state index contributed by atoms with van der Waals surface area (Å²) in [6.45, 7) is 3.74. The van der Waals surface area contributed by atoms with Crippen LogP contribution in [0.1, 0.15) is 20.3 Å². The van der Waals surface area contributed by atoms with Crippen LogP contribution in [0.25, 0.3) is 0 Å². The lowest BCUT2D eigenvalue weighted by molar-refractivity contribution is -0.121. The van der Waals surface area contributed by atoms with E-state index in [1.807, 2.05) is 13.8 Å². The van der Waals surface area contributed by atoms with Crippen LogP contribution in [0.5, 0.6) is 0 Å². The molecule has 1 aromatic rings. The van der Waals surface area contributed by atoms with E-state index in [1.54, 1.807) is 12.1 Å². The molecule has 0 aromatic heterocycles. The third-order valence-electron chi connectivity index (χ3n) is 2.26. The zero-order valence-electron chi connectivity index (χ0n) is 11.0. The molecular weight excluding hydrogens is 266 g/mol. The molecule has 6 nitrogen and oxygen atoms in total. The first-order valence-corrected chi connectivity index (χ1v) is 7.44. The van der Waals surface area contributed by atoms with Crippen molar-refractivity contribution in [3.63, 3.8) is 0 Å². The largest absolute Gasteiger partial charge is 0.399 e. The number of nitrogens with two attached hydrogens (primary N) is 1. The van der Waals surface area contributed by atoms with Crippen molar-refractivity contribution in [2.24, 2.45) is 0 Å². The molecule has 0 fully saturated rings. The maximum atomic E-state index is 11.9. The Balaban J connectivity index is 2.55. The van der Waals surface area contributed by atoms with E-state index < -0.39 is 10.0 Å². The fourth-order valence-electron chi connectivity index (χ4n) is 1.46. The molecule has 1 amide bonds. The van der Waals surface area contributed by atoms with Gasteiger partial charge in [-0.05, 0) is 32.0 Å². The van der Waals surface area contributed by atoms with Gasteiger partial charge >= 0.3 is 0 Å². The summed E-state index contributed by atoms with van der Waals surface area (Å²) >= 11 is 0. The van der Waals surface area contributed by atoms with Crippen molar-refractivity contribution in [1.82, 2.24) is 10.0 Å². The Hall–Kier alpha value is -1.60. The lowest BCUT2D eigenvalue weighted by atomic mass is 10.3. The average molecular weight is 285 g/mol. The van der Waals surface area contributed by atoms with Crippen molar-refractivity contribution in [3.8, 4) is 0 Å². The van der Waals surface area contributed by atoms with E-state index in [9.17, 15) is 13.2 Å². The minimum atomic E-state index is -3.62. The van der Waals surface area contributed by atoms with Crippen LogP contribution in [0.3, 0.4) is 0 Å². The highest BCUT2D eigenvalue weighted by molar-refractivity contribution is 7.89. The van der Waals surface area contributed by atoms with Gasteiger partial charge in [0.1, 0.15) is 0 Å². The molecule has 1 rings (SSSR count). The number of hydrogen-bond acceptors (Lipinski definition) is 4. The molecule has 0 aliphatic rings. The quantitative estimate of drug-likeness (QED) is 0.661. The van der Waals surface area contributed by atoms with Crippen LogP contribution in [0, 0.1) is 0 Å². The van der Waals surface area contributed by atoms with Gasteiger partial charge in [-0.2, -0.15) is 0 Å². The van der Waals surface area contributed by atoms with E-state index in [4.69, 9.17) is 5.73 Å². The number of amides is 1. The first-order valence-electron chi connectivity index (χ1n) is 5.96. The third kappa shape index (κ3) is 5.27. The first-order chi connectivity index (χ1) is 8.81. The Bertz CT molecular complexity index is 541. The molecule has 0 aliphatic heterocycles. The number of nitrogen functional groups attached to an aromatic ring is 1. The Labute approximate surface area is 113 Å². The first kappa shape index (κ1) is 15.5. The van der Waals surface area contributed by atoms with Crippen molar-refractivity contribution in [2.75, 3.05) is 12.3 Å². The molecule has 0 saturated heterocycles. The van der Waals surface area contributed by atoms with E-state index in [0.717, 1.165) is 0 Å². The van der Waals surface area contributed by atoms with Gasteiger partial charge in [-0.1, -0.05) is 6.07 Å². The van der Waals surface area contributed by atoms with Crippen molar-refractivity contribution >= 4 is 21.6 Å². The monoisotopic (exact) mass is 285 g/mol. The molecule has 0 saturated carbocycles. The lowest BCUT2D eigenvalue weighted by Crippen LogP contribution is -2.34. The molecular formula is C12H19N3O3S. The summed E-state index contributed by atoms with van der Waals surface area (Å²) < 4.78 is 26.1. The van der Waals surface area contributed by atoms with Gasteiger partial charge in [-0.25, -0.2) is 13.1 Å². The number of anilines is 1. The molecule has 1 aromatic carbocycles. The van der Waals surface area contributed by atoms with Gasteiger partial charge in [-0.15, -0.1) is 0 Å². The lowest BCUT2D eigenvalue weighted by Gasteiger charge is -2.09. The number of benzene rings is 1. The third-order valence-corrected chi connectivity index (χ3v) is 3.72. The number of hydrogen-bond donors (Lipinski definition) is 3. The Morgan fingerprint density at radius 3 is 2.63 bits per heavy atom. The standard InChI is InChI=1S/C12H19N3O3S/c1-9(2)15-12(16)6-7-14-19(17,18)11-5-3-4-10(13)8-11/h3-5,8-9,14H,6-7,13H2,1-2H3,(H,15,16). The zero-order valence-corrected chi connectivity index (χ0v) is 11.8. The summed E-state index contributed by atoms with van der Waals surface area (Å²) in [5, 5.41) is 2.68. The van der Waals surface area contributed by atoms with Crippen molar-refractivity contribution in [3.05, 3.63) is 24.3 Å². The second-order valence-electron chi connectivity index (χ2n) is 4.44. The van der Waals surface area contributed by atoms with Gasteiger partial charge in [-0.3, -0.25) is 4.79 Å². The van der Waals surface area contributed by atoms with Crippen LogP contribution in [-0.4, -0.2) is 26.9 Å². The smallest absolute Gasteiger partial charge is 0.240 e. The Morgan fingerprint density at radius 1 is 1.37 bits per heavy atom. The molecule has 0 bridgehead atoms. The van der Waals surface area contributed by atoms with Gasteiger partial charge in [0.25, 0.3) is 0 Å². The number of sulfonamides is 1. The molecule has 7 heteroatoms. The van der Waals surface area contributed by atoms with Gasteiger partial charge in [0, 0.05) is 24.7 Å². The minimum Gasteiger partial charge on any atom is -0.399 e. The molecule has 0 aliphatic carbocycles. The predicted molar refractivity (Wildman–Crippen MR) is 73.9 cm³/mol. The number of carbonyl (C=O) groups excluding carboxylic acids is 1. The van der Waals surface area contributed by atoms with Crippen LogP contribution < -0.4 is 15.8 Å². The zero-order chi connectivity index (χ0) is 14.5. The fourth-order valence-corrected chi connectivity index (χ4v) is 2.54. The topological polar surface area (TPSA) is 101 Å². The molecule has 0 heterocycles.